The van der Waals surface area contributed by atoms with E-state index >= 15 is 0 Å². The van der Waals surface area contributed by atoms with Gasteiger partial charge in [-0.25, -0.2) is 4.98 Å². The Kier molecular flexibility index (Phi) is 4.09. The van der Waals surface area contributed by atoms with Crippen molar-refractivity contribution in [2.75, 3.05) is 7.11 Å². The van der Waals surface area contributed by atoms with Gasteiger partial charge in [0, 0.05) is 18.2 Å². The summed E-state index contributed by atoms with van der Waals surface area (Å²) >= 11 is 0. The zero-order valence-electron chi connectivity index (χ0n) is 9.40. The molecule has 1 rings (SSSR count). The summed E-state index contributed by atoms with van der Waals surface area (Å²) in [5.74, 6) is 1.56. The van der Waals surface area contributed by atoms with Gasteiger partial charge < -0.3 is 10.5 Å². The fraction of sp³-hybridized carbons (Fsp3) is 0.455. The van der Waals surface area contributed by atoms with Crippen LogP contribution in [0.4, 0.5) is 0 Å². The first-order valence-corrected chi connectivity index (χ1v) is 4.92. The molecule has 0 aliphatic carbocycles. The number of aliphatic imine (C=N–C) groups is 1. The molecule has 1 aromatic rings. The molecule has 1 aromatic heterocycles. The number of hydrogen-bond acceptors (Lipinski definition) is 3. The smallest absolute Gasteiger partial charge is 0.213 e. The second-order valence-electron chi connectivity index (χ2n) is 3.60. The molecule has 4 heteroatoms. The van der Waals surface area contributed by atoms with Gasteiger partial charge in [-0.05, 0) is 11.6 Å². The third-order valence-electron chi connectivity index (χ3n) is 2.04. The van der Waals surface area contributed by atoms with E-state index in [-0.39, 0.29) is 5.92 Å². The molecule has 0 radical (unpaired) electrons. The molecule has 0 fully saturated rings. The number of methoxy groups -OCH3 is 1. The van der Waals surface area contributed by atoms with Crippen molar-refractivity contribution >= 4 is 5.84 Å². The maximum Gasteiger partial charge on any atom is 0.213 e. The Labute approximate surface area is 90.2 Å². The predicted octanol–water partition coefficient (Wildman–Crippen LogP) is 1.60. The lowest BCUT2D eigenvalue weighted by Crippen LogP contribution is -2.18. The van der Waals surface area contributed by atoms with Crippen molar-refractivity contribution < 1.29 is 4.74 Å². The van der Waals surface area contributed by atoms with E-state index in [0.717, 1.165) is 5.56 Å². The summed E-state index contributed by atoms with van der Waals surface area (Å²) in [6, 6.07) is 3.76. The number of nitrogens with zero attached hydrogens (tertiary/aromatic N) is 2. The third kappa shape index (κ3) is 3.58. The van der Waals surface area contributed by atoms with Crippen LogP contribution >= 0.6 is 0 Å². The van der Waals surface area contributed by atoms with Crippen LogP contribution in [-0.4, -0.2) is 17.9 Å². The summed E-state index contributed by atoms with van der Waals surface area (Å²) < 4.78 is 5.02. The van der Waals surface area contributed by atoms with Crippen molar-refractivity contribution in [2.24, 2.45) is 16.6 Å². The first-order chi connectivity index (χ1) is 7.13. The molecule has 0 amide bonds. The van der Waals surface area contributed by atoms with Gasteiger partial charge in [0.1, 0.15) is 0 Å². The monoisotopic (exact) mass is 207 g/mol. The van der Waals surface area contributed by atoms with Gasteiger partial charge in [-0.2, -0.15) is 0 Å². The van der Waals surface area contributed by atoms with E-state index in [4.69, 9.17) is 10.5 Å². The van der Waals surface area contributed by atoms with E-state index in [0.29, 0.717) is 18.3 Å². The average molecular weight is 207 g/mol. The van der Waals surface area contributed by atoms with Crippen molar-refractivity contribution in [1.82, 2.24) is 4.98 Å². The van der Waals surface area contributed by atoms with E-state index in [1.165, 1.54) is 0 Å². The van der Waals surface area contributed by atoms with Gasteiger partial charge in [-0.1, -0.05) is 13.8 Å². The van der Waals surface area contributed by atoms with Crippen LogP contribution in [0.3, 0.4) is 0 Å². The first kappa shape index (κ1) is 11.5. The largest absolute Gasteiger partial charge is 0.481 e. The van der Waals surface area contributed by atoms with Gasteiger partial charge in [0.25, 0.3) is 0 Å². The van der Waals surface area contributed by atoms with Gasteiger partial charge >= 0.3 is 0 Å². The lowest BCUT2D eigenvalue weighted by atomic mass is 10.2. The Hall–Kier alpha value is -1.58. The highest BCUT2D eigenvalue weighted by Gasteiger charge is 1.99. The van der Waals surface area contributed by atoms with Crippen LogP contribution in [0.2, 0.25) is 0 Å². The minimum absolute atomic E-state index is 0.286. The molecule has 0 atom stereocenters. The van der Waals surface area contributed by atoms with Crippen molar-refractivity contribution in [2.45, 2.75) is 20.4 Å². The molecule has 0 unspecified atom stereocenters. The summed E-state index contributed by atoms with van der Waals surface area (Å²) in [5.41, 5.74) is 6.78. The number of amidine groups is 1. The summed E-state index contributed by atoms with van der Waals surface area (Å²) in [6.45, 7) is 4.61. The quantitative estimate of drug-likeness (QED) is 0.602. The van der Waals surface area contributed by atoms with Crippen molar-refractivity contribution in [3.63, 3.8) is 0 Å². The van der Waals surface area contributed by atoms with Crippen molar-refractivity contribution in [1.29, 1.82) is 0 Å². The average Bonchev–Trinajstić information content (AvgIpc) is 2.26. The van der Waals surface area contributed by atoms with Crippen LogP contribution < -0.4 is 10.5 Å². The number of rotatable bonds is 4. The Morgan fingerprint density at radius 1 is 1.60 bits per heavy atom. The molecule has 82 valence electrons. The van der Waals surface area contributed by atoms with Crippen LogP contribution in [0.5, 0.6) is 5.88 Å². The van der Waals surface area contributed by atoms with Crippen LogP contribution in [-0.2, 0) is 6.54 Å². The summed E-state index contributed by atoms with van der Waals surface area (Å²) in [5, 5.41) is 0. The molecule has 0 aromatic carbocycles. The Bertz CT molecular complexity index is 347. The lowest BCUT2D eigenvalue weighted by Gasteiger charge is -2.04. The molecule has 0 aliphatic heterocycles. The SMILES string of the molecule is COc1cc(CN=C(N)C(C)C)ccn1. The molecular weight excluding hydrogens is 190 g/mol. The van der Waals surface area contributed by atoms with Gasteiger partial charge in [-0.3, -0.25) is 4.99 Å². The maximum absolute atomic E-state index is 5.74. The summed E-state index contributed by atoms with van der Waals surface area (Å²) in [6.07, 6.45) is 1.70. The zero-order chi connectivity index (χ0) is 11.3. The van der Waals surface area contributed by atoms with Crippen LogP contribution in [0, 0.1) is 5.92 Å². The van der Waals surface area contributed by atoms with Gasteiger partial charge in [0.05, 0.1) is 19.5 Å². The molecule has 0 aliphatic rings. The van der Waals surface area contributed by atoms with Crippen LogP contribution in [0.25, 0.3) is 0 Å². The van der Waals surface area contributed by atoms with Crippen molar-refractivity contribution in [3.05, 3.63) is 23.9 Å². The Morgan fingerprint density at radius 3 is 2.93 bits per heavy atom. The topological polar surface area (TPSA) is 60.5 Å². The Morgan fingerprint density at radius 2 is 2.33 bits per heavy atom. The van der Waals surface area contributed by atoms with Gasteiger partial charge in [0.15, 0.2) is 0 Å². The van der Waals surface area contributed by atoms with Crippen LogP contribution in [0.15, 0.2) is 23.3 Å². The van der Waals surface area contributed by atoms with E-state index in [2.05, 4.69) is 9.98 Å². The van der Waals surface area contributed by atoms with Gasteiger partial charge in [-0.15, -0.1) is 0 Å². The molecule has 1 heterocycles. The summed E-state index contributed by atoms with van der Waals surface area (Å²) in [4.78, 5) is 8.30. The maximum atomic E-state index is 5.74. The molecule has 0 spiro atoms. The second kappa shape index (κ2) is 5.34. The summed E-state index contributed by atoms with van der Waals surface area (Å²) in [7, 11) is 1.60. The number of pyridine rings is 1. The highest BCUT2D eigenvalue weighted by atomic mass is 16.5. The normalized spacial score (nSPS) is 11.9. The first-order valence-electron chi connectivity index (χ1n) is 4.92. The standard InChI is InChI=1S/C11H17N3O/c1-8(2)11(12)14-7-9-4-5-13-10(6-9)15-3/h4-6,8H,7H2,1-3H3,(H2,12,14). The highest BCUT2D eigenvalue weighted by molar-refractivity contribution is 5.82. The van der Waals surface area contributed by atoms with Crippen LogP contribution in [0.1, 0.15) is 19.4 Å². The van der Waals surface area contributed by atoms with Gasteiger partial charge in [0.2, 0.25) is 5.88 Å². The molecular formula is C11H17N3O. The number of ether oxygens (including phenoxy) is 1. The molecule has 0 bridgehead atoms. The van der Waals surface area contributed by atoms with E-state index < -0.39 is 0 Å². The van der Waals surface area contributed by atoms with Crippen molar-refractivity contribution in [3.8, 4) is 5.88 Å². The fourth-order valence-corrected chi connectivity index (χ4v) is 1.03. The highest BCUT2D eigenvalue weighted by Crippen LogP contribution is 2.09. The van der Waals surface area contributed by atoms with E-state index in [9.17, 15) is 0 Å². The molecule has 4 nitrogen and oxygen atoms in total. The number of aromatic nitrogens is 1. The zero-order valence-corrected chi connectivity index (χ0v) is 9.40. The second-order valence-corrected chi connectivity index (χ2v) is 3.60. The third-order valence-corrected chi connectivity index (χ3v) is 2.04. The van der Waals surface area contributed by atoms with E-state index in [1.54, 1.807) is 13.3 Å². The molecule has 0 saturated heterocycles. The Balaban J connectivity index is 2.69. The molecule has 0 saturated carbocycles. The minimum Gasteiger partial charge on any atom is -0.481 e. The number of hydrogen-bond donors (Lipinski definition) is 1. The number of nitrogens with two attached hydrogens (primary N) is 1. The lowest BCUT2D eigenvalue weighted by molar-refractivity contribution is 0.397. The predicted molar refractivity (Wildman–Crippen MR) is 61.0 cm³/mol. The minimum atomic E-state index is 0.286. The molecule has 15 heavy (non-hydrogen) atoms. The molecule has 2 N–H and O–H groups in total. The fourth-order valence-electron chi connectivity index (χ4n) is 1.03. The van der Waals surface area contributed by atoms with E-state index in [1.807, 2.05) is 26.0 Å².